The molecule has 0 aromatic carbocycles. The summed E-state index contributed by atoms with van der Waals surface area (Å²) in [6.07, 6.45) is -3.15. The number of ether oxygens (including phenoxy) is 2. The molecule has 0 aromatic rings. The van der Waals surface area contributed by atoms with Gasteiger partial charge in [0.15, 0.2) is 0 Å². The lowest BCUT2D eigenvalue weighted by Gasteiger charge is -2.43. The zero-order chi connectivity index (χ0) is 18.3. The van der Waals surface area contributed by atoms with Gasteiger partial charge in [-0.1, -0.05) is 0 Å². The smallest absolute Gasteiger partial charge is 0.407 e. The van der Waals surface area contributed by atoms with Crippen molar-refractivity contribution in [1.29, 1.82) is 0 Å². The highest BCUT2D eigenvalue weighted by Crippen LogP contribution is 2.22. The van der Waals surface area contributed by atoms with Crippen molar-refractivity contribution in [2.45, 2.75) is 38.8 Å². The molecule has 0 radical (unpaired) electrons. The molecule has 0 bridgehead atoms. The Bertz CT molecular complexity index is 465. The maximum absolute atomic E-state index is 11.7. The van der Waals surface area contributed by atoms with E-state index in [0.29, 0.717) is 0 Å². The van der Waals surface area contributed by atoms with Gasteiger partial charge in [-0.25, -0.2) is 9.59 Å². The van der Waals surface area contributed by atoms with Crippen LogP contribution in [0.2, 0.25) is 0 Å². The highest BCUT2D eigenvalue weighted by atomic mass is 16.5. The molecule has 2 amide bonds. The van der Waals surface area contributed by atoms with Crippen LogP contribution >= 0.6 is 0 Å². The SMILES string of the molecule is CCOC(=O)CC1CN(C(=O)O)CC(CC(=O)OCC)N1C(=O)O. The van der Waals surface area contributed by atoms with Crippen LogP contribution in [0, 0.1) is 0 Å². The minimum Gasteiger partial charge on any atom is -0.466 e. The second-order valence-corrected chi connectivity index (χ2v) is 5.20. The van der Waals surface area contributed by atoms with Gasteiger partial charge in [-0.2, -0.15) is 0 Å². The van der Waals surface area contributed by atoms with Gasteiger partial charge in [-0.3, -0.25) is 14.5 Å². The molecule has 0 spiro atoms. The van der Waals surface area contributed by atoms with Crippen LogP contribution in [0.4, 0.5) is 9.59 Å². The Hall–Kier alpha value is -2.52. The lowest BCUT2D eigenvalue weighted by molar-refractivity contribution is -0.146. The van der Waals surface area contributed by atoms with Crippen molar-refractivity contribution in [1.82, 2.24) is 9.80 Å². The Morgan fingerprint density at radius 2 is 1.29 bits per heavy atom. The van der Waals surface area contributed by atoms with Crippen LogP contribution in [0.3, 0.4) is 0 Å². The van der Waals surface area contributed by atoms with E-state index < -0.39 is 36.2 Å². The summed E-state index contributed by atoms with van der Waals surface area (Å²) in [5, 5.41) is 18.6. The molecule has 0 saturated carbocycles. The summed E-state index contributed by atoms with van der Waals surface area (Å²) in [6, 6.07) is -1.85. The van der Waals surface area contributed by atoms with Gasteiger partial charge >= 0.3 is 24.1 Å². The normalized spacial score (nSPS) is 20.4. The van der Waals surface area contributed by atoms with Crippen molar-refractivity contribution in [3.05, 3.63) is 0 Å². The molecular formula is C14H22N2O8. The van der Waals surface area contributed by atoms with Crippen LogP contribution in [-0.4, -0.2) is 82.5 Å². The minimum absolute atomic E-state index is 0.132. The third-order valence-corrected chi connectivity index (χ3v) is 3.56. The first kappa shape index (κ1) is 19.5. The Morgan fingerprint density at radius 1 is 0.875 bits per heavy atom. The quantitative estimate of drug-likeness (QED) is 0.668. The number of carbonyl (C=O) groups excluding carboxylic acids is 2. The van der Waals surface area contributed by atoms with E-state index in [1.165, 1.54) is 0 Å². The third-order valence-electron chi connectivity index (χ3n) is 3.56. The first-order valence-electron chi connectivity index (χ1n) is 7.60. The van der Waals surface area contributed by atoms with Crippen molar-refractivity contribution >= 4 is 24.1 Å². The average Bonchev–Trinajstić information content (AvgIpc) is 2.46. The second kappa shape index (κ2) is 8.94. The fraction of sp³-hybridized carbons (Fsp3) is 0.714. The molecule has 0 aliphatic carbocycles. The van der Waals surface area contributed by atoms with Crippen molar-refractivity contribution in [2.75, 3.05) is 26.3 Å². The van der Waals surface area contributed by atoms with Gasteiger partial charge in [-0.15, -0.1) is 0 Å². The standard InChI is InChI=1S/C14H22N2O8/c1-3-23-11(17)5-9-7-15(13(19)20)8-10(16(9)14(21)22)6-12(18)24-4-2/h9-10H,3-8H2,1-2H3,(H,19,20)(H,21,22). The summed E-state index contributed by atoms with van der Waals surface area (Å²) in [5.74, 6) is -1.26. The molecule has 136 valence electrons. The molecule has 2 N–H and O–H groups in total. The fourth-order valence-corrected chi connectivity index (χ4v) is 2.68. The number of amides is 2. The highest BCUT2D eigenvalue weighted by Gasteiger charge is 2.41. The van der Waals surface area contributed by atoms with Gasteiger partial charge in [0.1, 0.15) is 0 Å². The fourth-order valence-electron chi connectivity index (χ4n) is 2.68. The molecule has 24 heavy (non-hydrogen) atoms. The third kappa shape index (κ3) is 5.28. The number of piperazine rings is 1. The molecule has 1 fully saturated rings. The van der Waals surface area contributed by atoms with E-state index in [9.17, 15) is 29.4 Å². The molecule has 0 aromatic heterocycles. The molecule has 10 heteroatoms. The molecular weight excluding hydrogens is 324 g/mol. The van der Waals surface area contributed by atoms with Crippen LogP contribution < -0.4 is 0 Å². The molecule has 10 nitrogen and oxygen atoms in total. The monoisotopic (exact) mass is 346 g/mol. The van der Waals surface area contributed by atoms with Gasteiger partial charge in [0.25, 0.3) is 0 Å². The number of hydrogen-bond donors (Lipinski definition) is 2. The van der Waals surface area contributed by atoms with Gasteiger partial charge < -0.3 is 24.6 Å². The zero-order valence-corrected chi connectivity index (χ0v) is 13.6. The number of rotatable bonds is 6. The van der Waals surface area contributed by atoms with Crippen LogP contribution in [0.25, 0.3) is 0 Å². The zero-order valence-electron chi connectivity index (χ0n) is 13.6. The summed E-state index contributed by atoms with van der Waals surface area (Å²) < 4.78 is 9.61. The molecule has 1 heterocycles. The maximum Gasteiger partial charge on any atom is 0.407 e. The van der Waals surface area contributed by atoms with Gasteiger partial charge in [0.05, 0.1) is 38.1 Å². The number of carbonyl (C=O) groups is 4. The topological polar surface area (TPSA) is 134 Å². The van der Waals surface area contributed by atoms with Gasteiger partial charge in [-0.05, 0) is 13.8 Å². The number of nitrogens with zero attached hydrogens (tertiary/aromatic N) is 2. The van der Waals surface area contributed by atoms with Crippen LogP contribution in [0.5, 0.6) is 0 Å². The summed E-state index contributed by atoms with van der Waals surface area (Å²) in [7, 11) is 0. The molecule has 2 atom stereocenters. The second-order valence-electron chi connectivity index (χ2n) is 5.20. The number of carboxylic acid groups (broad SMARTS) is 2. The number of esters is 2. The largest absolute Gasteiger partial charge is 0.466 e. The van der Waals surface area contributed by atoms with Crippen LogP contribution in [0.1, 0.15) is 26.7 Å². The van der Waals surface area contributed by atoms with Gasteiger partial charge in [0.2, 0.25) is 0 Å². The highest BCUT2D eigenvalue weighted by molar-refractivity contribution is 5.75. The molecule has 1 aliphatic heterocycles. The predicted octanol–water partition coefficient (Wildman–Crippen LogP) is 0.604. The summed E-state index contributed by atoms with van der Waals surface area (Å²) in [6.45, 7) is 3.16. The van der Waals surface area contributed by atoms with E-state index in [1.807, 2.05) is 0 Å². The Balaban J connectivity index is 2.99. The lowest BCUT2D eigenvalue weighted by atomic mass is 10.0. The molecule has 2 unspecified atom stereocenters. The molecule has 1 rings (SSSR count). The Kier molecular flexibility index (Phi) is 7.28. The first-order chi connectivity index (χ1) is 11.3. The summed E-state index contributed by atoms with van der Waals surface area (Å²) >= 11 is 0. The average molecular weight is 346 g/mol. The van der Waals surface area contributed by atoms with E-state index in [0.717, 1.165) is 9.80 Å². The van der Waals surface area contributed by atoms with Crippen LogP contribution in [0.15, 0.2) is 0 Å². The van der Waals surface area contributed by atoms with E-state index in [4.69, 9.17) is 9.47 Å². The van der Waals surface area contributed by atoms with Crippen molar-refractivity contribution < 1.29 is 38.9 Å². The minimum atomic E-state index is -1.33. The van der Waals surface area contributed by atoms with E-state index in [2.05, 4.69) is 0 Å². The van der Waals surface area contributed by atoms with Crippen molar-refractivity contribution in [3.8, 4) is 0 Å². The Morgan fingerprint density at radius 3 is 1.58 bits per heavy atom. The van der Waals surface area contributed by atoms with Crippen LogP contribution in [-0.2, 0) is 19.1 Å². The number of hydrogen-bond acceptors (Lipinski definition) is 6. The van der Waals surface area contributed by atoms with Crippen molar-refractivity contribution in [3.63, 3.8) is 0 Å². The van der Waals surface area contributed by atoms with Crippen molar-refractivity contribution in [2.24, 2.45) is 0 Å². The lowest BCUT2D eigenvalue weighted by Crippen LogP contribution is -2.62. The summed E-state index contributed by atoms with van der Waals surface area (Å²) in [5.41, 5.74) is 0. The van der Waals surface area contributed by atoms with E-state index >= 15 is 0 Å². The molecule has 1 saturated heterocycles. The van der Waals surface area contributed by atoms with E-state index in [-0.39, 0.29) is 39.1 Å². The molecule has 1 aliphatic rings. The van der Waals surface area contributed by atoms with E-state index in [1.54, 1.807) is 13.8 Å². The summed E-state index contributed by atoms with van der Waals surface area (Å²) in [4.78, 5) is 48.2. The maximum atomic E-state index is 11.7. The predicted molar refractivity (Wildman–Crippen MR) is 79.5 cm³/mol. The van der Waals surface area contributed by atoms with Gasteiger partial charge in [0, 0.05) is 13.1 Å². The first-order valence-corrected chi connectivity index (χ1v) is 7.60. The Labute approximate surface area is 138 Å².